The Kier molecular flexibility index (Phi) is 4.04. The van der Waals surface area contributed by atoms with Gasteiger partial charge in [0.25, 0.3) is 11.8 Å². The fourth-order valence-electron chi connectivity index (χ4n) is 2.62. The standard InChI is InChI=1S/C18H16N2O4/c1-11-6-7-15(21)14(10-11)19-16(22)8-9-20-17(23)12-4-2-3-5-13(12)18(20)24/h2-7,10,21H,8-9H2,1H3,(H,19,22). The van der Waals surface area contributed by atoms with Gasteiger partial charge in [0.15, 0.2) is 0 Å². The molecule has 1 aliphatic heterocycles. The Morgan fingerprint density at radius 3 is 2.33 bits per heavy atom. The summed E-state index contributed by atoms with van der Waals surface area (Å²) in [5.74, 6) is -1.19. The minimum atomic E-state index is -0.387. The predicted molar refractivity (Wildman–Crippen MR) is 87.9 cm³/mol. The van der Waals surface area contributed by atoms with Crippen molar-refractivity contribution in [1.82, 2.24) is 4.90 Å². The molecule has 0 bridgehead atoms. The van der Waals surface area contributed by atoms with Gasteiger partial charge in [0.2, 0.25) is 5.91 Å². The lowest BCUT2D eigenvalue weighted by Gasteiger charge is -2.14. The van der Waals surface area contributed by atoms with E-state index in [0.29, 0.717) is 16.8 Å². The molecule has 2 aromatic carbocycles. The number of anilines is 1. The first kappa shape index (κ1) is 15.7. The summed E-state index contributed by atoms with van der Waals surface area (Å²) in [5.41, 5.74) is 1.92. The van der Waals surface area contributed by atoms with Crippen molar-refractivity contribution in [2.45, 2.75) is 13.3 Å². The second kappa shape index (κ2) is 6.16. The number of aromatic hydroxyl groups is 1. The number of benzene rings is 2. The number of fused-ring (bicyclic) bond motifs is 1. The zero-order valence-corrected chi connectivity index (χ0v) is 13.1. The first-order valence-electron chi connectivity index (χ1n) is 7.52. The molecule has 3 amide bonds. The molecule has 122 valence electrons. The van der Waals surface area contributed by atoms with Crippen LogP contribution in [0.2, 0.25) is 0 Å². The molecule has 2 N–H and O–H groups in total. The van der Waals surface area contributed by atoms with Crippen LogP contribution in [0.15, 0.2) is 42.5 Å². The number of phenols is 1. The summed E-state index contributed by atoms with van der Waals surface area (Å²) in [4.78, 5) is 37.5. The van der Waals surface area contributed by atoms with Gasteiger partial charge in [0.05, 0.1) is 16.8 Å². The van der Waals surface area contributed by atoms with Crippen LogP contribution in [0, 0.1) is 6.92 Å². The van der Waals surface area contributed by atoms with Crippen LogP contribution in [0.4, 0.5) is 5.69 Å². The van der Waals surface area contributed by atoms with E-state index in [2.05, 4.69) is 5.32 Å². The van der Waals surface area contributed by atoms with E-state index in [9.17, 15) is 19.5 Å². The van der Waals surface area contributed by atoms with Gasteiger partial charge in [-0.1, -0.05) is 18.2 Å². The number of aryl methyl sites for hydroxylation is 1. The summed E-state index contributed by atoms with van der Waals surface area (Å²) in [6.07, 6.45) is -0.0428. The van der Waals surface area contributed by atoms with E-state index in [1.165, 1.54) is 6.07 Å². The molecule has 24 heavy (non-hydrogen) atoms. The van der Waals surface area contributed by atoms with Gasteiger partial charge in [0.1, 0.15) is 5.75 Å². The summed E-state index contributed by atoms with van der Waals surface area (Å²) in [6.45, 7) is 1.83. The van der Waals surface area contributed by atoms with Crippen molar-refractivity contribution >= 4 is 23.4 Å². The largest absolute Gasteiger partial charge is 0.506 e. The smallest absolute Gasteiger partial charge is 0.261 e. The van der Waals surface area contributed by atoms with Gasteiger partial charge in [-0.05, 0) is 36.8 Å². The number of rotatable bonds is 4. The Hall–Kier alpha value is -3.15. The van der Waals surface area contributed by atoms with Gasteiger partial charge in [-0.15, -0.1) is 0 Å². The molecule has 0 spiro atoms. The van der Waals surface area contributed by atoms with Crippen LogP contribution in [0.5, 0.6) is 5.75 Å². The van der Waals surface area contributed by atoms with E-state index >= 15 is 0 Å². The average molecular weight is 324 g/mol. The first-order valence-corrected chi connectivity index (χ1v) is 7.52. The second-order valence-electron chi connectivity index (χ2n) is 5.63. The Morgan fingerprint density at radius 2 is 1.71 bits per heavy atom. The van der Waals surface area contributed by atoms with Crippen LogP contribution < -0.4 is 5.32 Å². The third kappa shape index (κ3) is 2.86. The van der Waals surface area contributed by atoms with Crippen LogP contribution in [-0.2, 0) is 4.79 Å². The topological polar surface area (TPSA) is 86.7 Å². The highest BCUT2D eigenvalue weighted by molar-refractivity contribution is 6.21. The monoisotopic (exact) mass is 324 g/mol. The highest BCUT2D eigenvalue weighted by atomic mass is 16.3. The van der Waals surface area contributed by atoms with E-state index in [0.717, 1.165) is 10.5 Å². The zero-order chi connectivity index (χ0) is 17.3. The molecule has 0 aliphatic carbocycles. The van der Waals surface area contributed by atoms with Gasteiger partial charge >= 0.3 is 0 Å². The number of carbonyl (C=O) groups is 3. The van der Waals surface area contributed by atoms with Crippen LogP contribution in [-0.4, -0.2) is 34.3 Å². The molecule has 0 aromatic heterocycles. The van der Waals surface area contributed by atoms with Crippen LogP contribution in [0.1, 0.15) is 32.7 Å². The molecule has 1 heterocycles. The van der Waals surface area contributed by atoms with E-state index in [4.69, 9.17) is 0 Å². The molecule has 3 rings (SSSR count). The lowest BCUT2D eigenvalue weighted by molar-refractivity contribution is -0.116. The third-order valence-electron chi connectivity index (χ3n) is 3.87. The van der Waals surface area contributed by atoms with Gasteiger partial charge in [-0.25, -0.2) is 0 Å². The molecule has 1 aliphatic rings. The molecule has 0 radical (unpaired) electrons. The van der Waals surface area contributed by atoms with Crippen molar-refractivity contribution < 1.29 is 19.5 Å². The van der Waals surface area contributed by atoms with Crippen LogP contribution >= 0.6 is 0 Å². The fraction of sp³-hybridized carbons (Fsp3) is 0.167. The van der Waals surface area contributed by atoms with Crippen molar-refractivity contribution in [3.63, 3.8) is 0 Å². The third-order valence-corrected chi connectivity index (χ3v) is 3.87. The first-order chi connectivity index (χ1) is 11.5. The van der Waals surface area contributed by atoms with Crippen molar-refractivity contribution in [2.75, 3.05) is 11.9 Å². The van der Waals surface area contributed by atoms with Crippen LogP contribution in [0.3, 0.4) is 0 Å². The summed E-state index contributed by atoms with van der Waals surface area (Å²) in [5, 5.41) is 12.3. The number of carbonyl (C=O) groups excluding carboxylic acids is 3. The average Bonchev–Trinajstić information content (AvgIpc) is 2.81. The van der Waals surface area contributed by atoms with Crippen molar-refractivity contribution in [3.05, 3.63) is 59.2 Å². The maximum Gasteiger partial charge on any atom is 0.261 e. The maximum atomic E-state index is 12.2. The van der Waals surface area contributed by atoms with E-state index in [1.807, 2.05) is 6.92 Å². The number of amides is 3. The Labute approximate surface area is 138 Å². The number of hydrogen-bond donors (Lipinski definition) is 2. The molecule has 0 fully saturated rings. The lowest BCUT2D eigenvalue weighted by atomic mass is 10.1. The van der Waals surface area contributed by atoms with Gasteiger partial charge < -0.3 is 10.4 Å². The van der Waals surface area contributed by atoms with Crippen molar-refractivity contribution in [3.8, 4) is 5.75 Å². The minimum absolute atomic E-state index is 0.00917. The predicted octanol–water partition coefficient (Wildman–Crippen LogP) is 2.33. The normalized spacial score (nSPS) is 13.1. The number of hydrogen-bond acceptors (Lipinski definition) is 4. The number of nitrogens with zero attached hydrogens (tertiary/aromatic N) is 1. The highest BCUT2D eigenvalue weighted by Crippen LogP contribution is 2.25. The summed E-state index contributed by atoms with van der Waals surface area (Å²) in [6, 6.07) is 11.5. The molecular formula is C18H16N2O4. The molecule has 6 heteroatoms. The van der Waals surface area contributed by atoms with E-state index < -0.39 is 0 Å². The second-order valence-corrected chi connectivity index (χ2v) is 5.63. The SMILES string of the molecule is Cc1ccc(O)c(NC(=O)CCN2C(=O)c3ccccc3C2=O)c1. The zero-order valence-electron chi connectivity index (χ0n) is 13.1. The van der Waals surface area contributed by atoms with Crippen molar-refractivity contribution in [2.24, 2.45) is 0 Å². The highest BCUT2D eigenvalue weighted by Gasteiger charge is 2.34. The Bertz CT molecular complexity index is 810. The Balaban J connectivity index is 1.64. The molecular weight excluding hydrogens is 308 g/mol. The van der Waals surface area contributed by atoms with E-state index in [-0.39, 0.29) is 36.4 Å². The molecule has 0 atom stereocenters. The lowest BCUT2D eigenvalue weighted by Crippen LogP contribution is -2.32. The van der Waals surface area contributed by atoms with Crippen LogP contribution in [0.25, 0.3) is 0 Å². The quantitative estimate of drug-likeness (QED) is 0.667. The summed E-state index contributed by atoms with van der Waals surface area (Å²) in [7, 11) is 0. The molecule has 0 unspecified atom stereocenters. The Morgan fingerprint density at radius 1 is 1.08 bits per heavy atom. The molecule has 6 nitrogen and oxygen atoms in total. The minimum Gasteiger partial charge on any atom is -0.506 e. The maximum absolute atomic E-state index is 12.2. The number of imide groups is 1. The molecule has 0 saturated carbocycles. The van der Waals surface area contributed by atoms with Crippen molar-refractivity contribution in [1.29, 1.82) is 0 Å². The van der Waals surface area contributed by atoms with Gasteiger partial charge in [0, 0.05) is 13.0 Å². The van der Waals surface area contributed by atoms with Gasteiger partial charge in [-0.3, -0.25) is 19.3 Å². The summed E-state index contributed by atoms with van der Waals surface area (Å²) < 4.78 is 0. The molecule has 0 saturated heterocycles. The number of phenolic OH excluding ortho intramolecular Hbond substituents is 1. The van der Waals surface area contributed by atoms with E-state index in [1.54, 1.807) is 36.4 Å². The summed E-state index contributed by atoms with van der Waals surface area (Å²) >= 11 is 0. The van der Waals surface area contributed by atoms with Gasteiger partial charge in [-0.2, -0.15) is 0 Å². The fourth-order valence-corrected chi connectivity index (χ4v) is 2.62. The number of nitrogens with one attached hydrogen (secondary N) is 1. The molecule has 2 aromatic rings.